The molecule has 1 rings (SSSR count). The van der Waals surface area contributed by atoms with E-state index in [9.17, 15) is 0 Å². The van der Waals surface area contributed by atoms with Gasteiger partial charge in [-0.15, -0.1) is 0 Å². The zero-order valence-corrected chi connectivity index (χ0v) is 8.93. The molecule has 1 heterocycles. The molecule has 0 amide bonds. The molecule has 0 bridgehead atoms. The summed E-state index contributed by atoms with van der Waals surface area (Å²) < 4.78 is 2.00. The molecule has 12 heavy (non-hydrogen) atoms. The molecule has 0 aromatic carbocycles. The molecule has 0 spiro atoms. The fraction of sp³-hybridized carbons (Fsp3) is 0.667. The average molecular weight is 184 g/mol. The second kappa shape index (κ2) is 3.99. The Labute approximate surface area is 78.4 Å². The van der Waals surface area contributed by atoms with E-state index in [0.717, 1.165) is 0 Å². The van der Waals surface area contributed by atoms with E-state index in [1.54, 1.807) is 0 Å². The molecule has 0 fully saturated rings. The summed E-state index contributed by atoms with van der Waals surface area (Å²) in [5.74, 6) is 0. The second-order valence-corrected chi connectivity index (χ2v) is 4.40. The average Bonchev–Trinajstić information content (AvgIpc) is 2.51. The molecule has 0 radical (unpaired) electrons. The van der Waals surface area contributed by atoms with Crippen molar-refractivity contribution in [3.8, 4) is 0 Å². The number of thioether (sulfide) groups is 1. The Bertz CT molecular complexity index is 242. The van der Waals surface area contributed by atoms with Crippen LogP contribution in [0.1, 0.15) is 37.6 Å². The second-order valence-electron chi connectivity index (χ2n) is 3.23. The Hall–Kier alpha value is -0.440. The van der Waals surface area contributed by atoms with Gasteiger partial charge in [-0.05, 0) is 27.0 Å². The molecule has 0 aliphatic rings. The molecule has 0 aliphatic carbocycles. The van der Waals surface area contributed by atoms with Crippen LogP contribution in [0.15, 0.2) is 12.4 Å². The topological polar surface area (TPSA) is 17.8 Å². The Balaban J connectivity index is 2.77. The SMILES string of the molecule is CSC(C)c1cnn(C(C)C)c1. The molecule has 1 aromatic heterocycles. The lowest BCUT2D eigenvalue weighted by molar-refractivity contribution is 0.532. The maximum atomic E-state index is 4.29. The monoisotopic (exact) mass is 184 g/mol. The van der Waals surface area contributed by atoms with E-state index in [4.69, 9.17) is 0 Å². The Morgan fingerprint density at radius 2 is 2.08 bits per heavy atom. The predicted molar refractivity (Wildman–Crippen MR) is 54.5 cm³/mol. The minimum absolute atomic E-state index is 0.466. The van der Waals surface area contributed by atoms with E-state index < -0.39 is 0 Å². The van der Waals surface area contributed by atoms with Gasteiger partial charge in [-0.1, -0.05) is 0 Å². The predicted octanol–water partition coefficient (Wildman–Crippen LogP) is 2.89. The van der Waals surface area contributed by atoms with Crippen molar-refractivity contribution in [2.75, 3.05) is 6.26 Å². The van der Waals surface area contributed by atoms with Crippen LogP contribution < -0.4 is 0 Å². The summed E-state index contributed by atoms with van der Waals surface area (Å²) in [5.41, 5.74) is 1.32. The van der Waals surface area contributed by atoms with Crippen molar-refractivity contribution in [1.29, 1.82) is 0 Å². The third-order valence-corrected chi connectivity index (χ3v) is 2.95. The minimum atomic E-state index is 0.466. The van der Waals surface area contributed by atoms with E-state index in [2.05, 4.69) is 38.3 Å². The first kappa shape index (κ1) is 9.65. The summed E-state index contributed by atoms with van der Waals surface area (Å²) in [6.07, 6.45) is 6.21. The molecular formula is C9H16N2S. The van der Waals surface area contributed by atoms with Gasteiger partial charge in [0.1, 0.15) is 0 Å². The first-order valence-corrected chi connectivity index (χ1v) is 5.50. The van der Waals surface area contributed by atoms with Crippen LogP contribution in [0.2, 0.25) is 0 Å². The third kappa shape index (κ3) is 2.03. The first-order valence-electron chi connectivity index (χ1n) is 4.22. The number of nitrogens with zero attached hydrogens (tertiary/aromatic N) is 2. The van der Waals surface area contributed by atoms with Gasteiger partial charge in [0, 0.05) is 23.1 Å². The van der Waals surface area contributed by atoms with E-state index >= 15 is 0 Å². The van der Waals surface area contributed by atoms with E-state index in [0.29, 0.717) is 11.3 Å². The summed E-state index contributed by atoms with van der Waals surface area (Å²) in [4.78, 5) is 0. The maximum Gasteiger partial charge on any atom is 0.0533 e. The Kier molecular flexibility index (Phi) is 3.20. The molecule has 0 saturated carbocycles. The standard InChI is InChI=1S/C9H16N2S/c1-7(2)11-6-9(5-10-11)8(3)12-4/h5-8H,1-4H3. The van der Waals surface area contributed by atoms with Crippen LogP contribution in [0.5, 0.6) is 0 Å². The normalized spacial score (nSPS) is 13.8. The highest BCUT2D eigenvalue weighted by atomic mass is 32.2. The number of hydrogen-bond acceptors (Lipinski definition) is 2. The zero-order valence-electron chi connectivity index (χ0n) is 8.11. The number of hydrogen-bond donors (Lipinski definition) is 0. The molecule has 68 valence electrons. The van der Waals surface area contributed by atoms with Crippen LogP contribution in [0.3, 0.4) is 0 Å². The molecule has 0 aliphatic heterocycles. The maximum absolute atomic E-state index is 4.29. The minimum Gasteiger partial charge on any atom is -0.270 e. The van der Waals surface area contributed by atoms with Gasteiger partial charge in [-0.2, -0.15) is 16.9 Å². The van der Waals surface area contributed by atoms with Crippen LogP contribution in [0, 0.1) is 0 Å². The Morgan fingerprint density at radius 3 is 2.50 bits per heavy atom. The molecule has 0 saturated heterocycles. The largest absolute Gasteiger partial charge is 0.270 e. The summed E-state index contributed by atoms with van der Waals surface area (Å²) in [7, 11) is 0. The highest BCUT2D eigenvalue weighted by molar-refractivity contribution is 7.98. The lowest BCUT2D eigenvalue weighted by Crippen LogP contribution is -1.99. The molecule has 1 unspecified atom stereocenters. The summed E-state index contributed by atoms with van der Waals surface area (Å²) in [5, 5.41) is 4.84. The van der Waals surface area contributed by atoms with Crippen molar-refractivity contribution in [2.24, 2.45) is 0 Å². The van der Waals surface area contributed by atoms with Crippen molar-refractivity contribution >= 4 is 11.8 Å². The highest BCUT2D eigenvalue weighted by Gasteiger charge is 2.07. The fourth-order valence-electron chi connectivity index (χ4n) is 0.981. The molecule has 3 heteroatoms. The zero-order chi connectivity index (χ0) is 9.14. The Morgan fingerprint density at radius 1 is 1.42 bits per heavy atom. The van der Waals surface area contributed by atoms with Crippen molar-refractivity contribution in [3.63, 3.8) is 0 Å². The number of rotatable bonds is 3. The van der Waals surface area contributed by atoms with Gasteiger partial charge in [0.15, 0.2) is 0 Å². The lowest BCUT2D eigenvalue weighted by Gasteiger charge is -2.05. The molecular weight excluding hydrogens is 168 g/mol. The number of aromatic nitrogens is 2. The summed E-state index contributed by atoms with van der Waals surface area (Å²) >= 11 is 1.85. The van der Waals surface area contributed by atoms with Gasteiger partial charge in [0.2, 0.25) is 0 Å². The van der Waals surface area contributed by atoms with Crippen molar-refractivity contribution < 1.29 is 0 Å². The van der Waals surface area contributed by atoms with Crippen LogP contribution in [-0.2, 0) is 0 Å². The van der Waals surface area contributed by atoms with E-state index in [1.165, 1.54) is 5.56 Å². The van der Waals surface area contributed by atoms with Gasteiger partial charge >= 0.3 is 0 Å². The first-order chi connectivity index (χ1) is 5.65. The molecule has 1 aromatic rings. The summed E-state index contributed by atoms with van der Waals surface area (Å²) in [6, 6.07) is 0.466. The van der Waals surface area contributed by atoms with Crippen LogP contribution in [0.4, 0.5) is 0 Å². The fourth-order valence-corrected chi connectivity index (χ4v) is 1.38. The molecule has 2 nitrogen and oxygen atoms in total. The lowest BCUT2D eigenvalue weighted by atomic mass is 10.3. The summed E-state index contributed by atoms with van der Waals surface area (Å²) in [6.45, 7) is 6.48. The quantitative estimate of drug-likeness (QED) is 0.719. The smallest absolute Gasteiger partial charge is 0.0533 e. The van der Waals surface area contributed by atoms with Crippen LogP contribution in [-0.4, -0.2) is 16.0 Å². The van der Waals surface area contributed by atoms with Gasteiger partial charge in [0.05, 0.1) is 6.20 Å². The molecule has 1 atom stereocenters. The van der Waals surface area contributed by atoms with Gasteiger partial charge in [-0.25, -0.2) is 0 Å². The molecule has 0 N–H and O–H groups in total. The van der Waals surface area contributed by atoms with Gasteiger partial charge in [0.25, 0.3) is 0 Å². The van der Waals surface area contributed by atoms with Crippen molar-refractivity contribution in [1.82, 2.24) is 9.78 Å². The highest BCUT2D eigenvalue weighted by Crippen LogP contribution is 2.25. The van der Waals surface area contributed by atoms with Gasteiger partial charge in [-0.3, -0.25) is 4.68 Å². The van der Waals surface area contributed by atoms with Crippen molar-refractivity contribution in [2.45, 2.75) is 32.1 Å². The van der Waals surface area contributed by atoms with Crippen LogP contribution >= 0.6 is 11.8 Å². The van der Waals surface area contributed by atoms with E-state index in [1.807, 2.05) is 22.6 Å². The van der Waals surface area contributed by atoms with Gasteiger partial charge < -0.3 is 0 Å². The van der Waals surface area contributed by atoms with Crippen molar-refractivity contribution in [3.05, 3.63) is 18.0 Å². The third-order valence-electron chi connectivity index (χ3n) is 1.97. The van der Waals surface area contributed by atoms with Crippen LogP contribution in [0.25, 0.3) is 0 Å². The van der Waals surface area contributed by atoms with E-state index in [-0.39, 0.29) is 0 Å².